The van der Waals surface area contributed by atoms with Crippen LogP contribution in [0.1, 0.15) is 16.7 Å². The summed E-state index contributed by atoms with van der Waals surface area (Å²) in [6.07, 6.45) is 0. The van der Waals surface area contributed by atoms with E-state index in [0.29, 0.717) is 11.1 Å². The SMILES string of the molecule is Cc1ccc2c(c1)OP(=O)(O)c1c(C)cc(C)cc1-2. The highest BCUT2D eigenvalue weighted by molar-refractivity contribution is 7.62. The smallest absolute Gasteiger partial charge is 0.409 e. The molecule has 0 bridgehead atoms. The summed E-state index contributed by atoms with van der Waals surface area (Å²) in [5, 5.41) is 0.425. The van der Waals surface area contributed by atoms with Crippen LogP contribution in [0.15, 0.2) is 30.3 Å². The molecule has 0 aliphatic carbocycles. The number of aryl methyl sites for hydroxylation is 3. The highest BCUT2D eigenvalue weighted by Crippen LogP contribution is 2.52. The van der Waals surface area contributed by atoms with Crippen molar-refractivity contribution in [1.82, 2.24) is 0 Å². The van der Waals surface area contributed by atoms with Crippen LogP contribution < -0.4 is 9.83 Å². The molecule has 0 aromatic heterocycles. The maximum atomic E-state index is 12.4. The lowest BCUT2D eigenvalue weighted by molar-refractivity contribution is 0.392. The zero-order chi connectivity index (χ0) is 13.8. The van der Waals surface area contributed by atoms with Crippen LogP contribution in [-0.2, 0) is 4.57 Å². The maximum Gasteiger partial charge on any atom is 0.409 e. The van der Waals surface area contributed by atoms with Crippen LogP contribution in [0.4, 0.5) is 0 Å². The average molecular weight is 274 g/mol. The summed E-state index contributed by atoms with van der Waals surface area (Å²) in [7, 11) is -3.79. The third-order valence-electron chi connectivity index (χ3n) is 3.38. The Morgan fingerprint density at radius 3 is 2.47 bits per heavy atom. The van der Waals surface area contributed by atoms with Gasteiger partial charge >= 0.3 is 7.60 Å². The number of fused-ring (bicyclic) bond motifs is 3. The van der Waals surface area contributed by atoms with Crippen molar-refractivity contribution in [3.05, 3.63) is 47.0 Å². The van der Waals surface area contributed by atoms with Crippen LogP contribution in [0.3, 0.4) is 0 Å². The summed E-state index contributed by atoms with van der Waals surface area (Å²) in [5.41, 5.74) is 4.57. The summed E-state index contributed by atoms with van der Waals surface area (Å²) in [4.78, 5) is 10.2. The third kappa shape index (κ3) is 1.90. The van der Waals surface area contributed by atoms with Crippen molar-refractivity contribution in [1.29, 1.82) is 0 Å². The normalized spacial score (nSPS) is 20.4. The fourth-order valence-corrected chi connectivity index (χ4v) is 4.16. The summed E-state index contributed by atoms with van der Waals surface area (Å²) >= 11 is 0. The molecule has 0 spiro atoms. The van der Waals surface area contributed by atoms with E-state index in [2.05, 4.69) is 0 Å². The second-order valence-corrected chi connectivity index (χ2v) is 6.76. The Kier molecular flexibility index (Phi) is 2.60. The number of rotatable bonds is 0. The Labute approximate surface area is 112 Å². The minimum atomic E-state index is -3.79. The predicted molar refractivity (Wildman–Crippen MR) is 76.2 cm³/mol. The molecule has 1 heterocycles. The highest BCUT2D eigenvalue weighted by Gasteiger charge is 2.36. The van der Waals surface area contributed by atoms with E-state index in [9.17, 15) is 9.46 Å². The minimum absolute atomic E-state index is 0.425. The molecule has 0 fully saturated rings. The van der Waals surface area contributed by atoms with E-state index in [1.54, 1.807) is 6.07 Å². The van der Waals surface area contributed by atoms with Crippen molar-refractivity contribution < 1.29 is 14.0 Å². The Bertz CT molecular complexity index is 734. The molecule has 1 atom stereocenters. The molecule has 0 saturated carbocycles. The topological polar surface area (TPSA) is 46.5 Å². The van der Waals surface area contributed by atoms with E-state index >= 15 is 0 Å². The lowest BCUT2D eigenvalue weighted by atomic mass is 9.98. The van der Waals surface area contributed by atoms with Gasteiger partial charge in [-0.15, -0.1) is 0 Å². The van der Waals surface area contributed by atoms with Crippen LogP contribution in [0.25, 0.3) is 11.1 Å². The predicted octanol–water partition coefficient (Wildman–Crippen LogP) is 3.48. The number of hydrogen-bond acceptors (Lipinski definition) is 2. The van der Waals surface area contributed by atoms with Crippen molar-refractivity contribution in [2.45, 2.75) is 20.8 Å². The van der Waals surface area contributed by atoms with Crippen molar-refractivity contribution in [2.24, 2.45) is 0 Å². The molecule has 19 heavy (non-hydrogen) atoms. The van der Waals surface area contributed by atoms with E-state index in [1.165, 1.54) is 0 Å². The van der Waals surface area contributed by atoms with E-state index < -0.39 is 7.60 Å². The summed E-state index contributed by atoms with van der Waals surface area (Å²) in [6.45, 7) is 5.76. The van der Waals surface area contributed by atoms with Gasteiger partial charge in [0, 0.05) is 11.1 Å². The van der Waals surface area contributed by atoms with Crippen LogP contribution in [0.5, 0.6) is 5.75 Å². The lowest BCUT2D eigenvalue weighted by Crippen LogP contribution is -2.20. The molecular weight excluding hydrogens is 259 g/mol. The molecule has 1 N–H and O–H groups in total. The molecule has 1 unspecified atom stereocenters. The highest BCUT2D eigenvalue weighted by atomic mass is 31.2. The van der Waals surface area contributed by atoms with Crippen molar-refractivity contribution >= 4 is 12.9 Å². The molecule has 0 saturated heterocycles. The van der Waals surface area contributed by atoms with Gasteiger partial charge in [0.2, 0.25) is 0 Å². The first-order valence-corrected chi connectivity index (χ1v) is 7.71. The first kappa shape index (κ1) is 12.5. The summed E-state index contributed by atoms with van der Waals surface area (Å²) in [6, 6.07) is 9.59. The van der Waals surface area contributed by atoms with Gasteiger partial charge in [-0.2, -0.15) is 0 Å². The quantitative estimate of drug-likeness (QED) is 0.748. The molecule has 4 heteroatoms. The van der Waals surface area contributed by atoms with E-state index in [0.717, 1.165) is 27.8 Å². The van der Waals surface area contributed by atoms with E-state index in [-0.39, 0.29) is 0 Å². The van der Waals surface area contributed by atoms with Gasteiger partial charge in [0.15, 0.2) is 0 Å². The Balaban J connectivity index is 2.41. The zero-order valence-corrected chi connectivity index (χ0v) is 12.0. The monoisotopic (exact) mass is 274 g/mol. The van der Waals surface area contributed by atoms with Gasteiger partial charge < -0.3 is 9.42 Å². The Morgan fingerprint density at radius 1 is 1.00 bits per heavy atom. The fraction of sp³-hybridized carbons (Fsp3) is 0.200. The molecule has 3 rings (SSSR count). The summed E-state index contributed by atoms with van der Waals surface area (Å²) < 4.78 is 17.8. The van der Waals surface area contributed by atoms with Crippen LogP contribution >= 0.6 is 7.60 Å². The minimum Gasteiger partial charge on any atom is -0.421 e. The fourth-order valence-electron chi connectivity index (χ4n) is 2.65. The first-order chi connectivity index (χ1) is 8.88. The van der Waals surface area contributed by atoms with Crippen molar-refractivity contribution in [2.75, 3.05) is 0 Å². The van der Waals surface area contributed by atoms with Gasteiger partial charge in [-0.1, -0.05) is 29.8 Å². The standard InChI is InChI=1S/C15H15O3P/c1-9-4-5-12-13-7-10(2)6-11(3)15(13)19(16,17)18-14(12)8-9/h4-8H,1-3H3,(H,16,17). The van der Waals surface area contributed by atoms with Gasteiger partial charge in [0.1, 0.15) is 5.75 Å². The number of benzene rings is 2. The van der Waals surface area contributed by atoms with Crippen LogP contribution in [0.2, 0.25) is 0 Å². The Hall–Kier alpha value is -1.57. The van der Waals surface area contributed by atoms with E-state index in [4.69, 9.17) is 4.52 Å². The third-order valence-corrected chi connectivity index (χ3v) is 4.98. The first-order valence-electron chi connectivity index (χ1n) is 6.14. The average Bonchev–Trinajstić information content (AvgIpc) is 2.25. The molecular formula is C15H15O3P. The summed E-state index contributed by atoms with van der Waals surface area (Å²) in [5.74, 6) is 0.489. The molecule has 98 valence electrons. The largest absolute Gasteiger partial charge is 0.421 e. The van der Waals surface area contributed by atoms with Gasteiger partial charge in [-0.25, -0.2) is 4.57 Å². The lowest BCUT2D eigenvalue weighted by Gasteiger charge is -2.26. The molecule has 3 nitrogen and oxygen atoms in total. The maximum absolute atomic E-state index is 12.4. The molecule has 2 aromatic rings. The van der Waals surface area contributed by atoms with Gasteiger partial charge in [0.25, 0.3) is 0 Å². The molecule has 1 aliphatic heterocycles. The second kappa shape index (κ2) is 3.96. The van der Waals surface area contributed by atoms with Gasteiger partial charge in [-0.05, 0) is 38.0 Å². The molecule has 0 radical (unpaired) electrons. The molecule has 0 amide bonds. The van der Waals surface area contributed by atoms with Crippen molar-refractivity contribution in [3.8, 4) is 16.9 Å². The second-order valence-electron chi connectivity index (χ2n) is 5.09. The van der Waals surface area contributed by atoms with Crippen LogP contribution in [-0.4, -0.2) is 4.89 Å². The van der Waals surface area contributed by atoms with Gasteiger partial charge in [0.05, 0.1) is 5.30 Å². The van der Waals surface area contributed by atoms with Crippen LogP contribution in [0, 0.1) is 20.8 Å². The molecule has 2 aromatic carbocycles. The number of hydrogen-bond donors (Lipinski definition) is 1. The zero-order valence-electron chi connectivity index (χ0n) is 11.1. The van der Waals surface area contributed by atoms with E-state index in [1.807, 2.05) is 45.0 Å². The van der Waals surface area contributed by atoms with Gasteiger partial charge in [-0.3, -0.25) is 0 Å². The molecule has 1 aliphatic rings. The van der Waals surface area contributed by atoms with Crippen molar-refractivity contribution in [3.63, 3.8) is 0 Å². The Morgan fingerprint density at radius 2 is 1.74 bits per heavy atom.